The number of hydrogen-bond acceptors (Lipinski definition) is 1. The Balaban J connectivity index is 1.86. The summed E-state index contributed by atoms with van der Waals surface area (Å²) in [6.07, 6.45) is 3.98. The molecular formula is C19H23N. The highest BCUT2D eigenvalue weighted by atomic mass is 15.2. The first-order valence-electron chi connectivity index (χ1n) is 7.69. The Morgan fingerprint density at radius 1 is 0.750 bits per heavy atom. The number of piperidine rings is 1. The number of rotatable bonds is 2. The molecule has 0 N–H and O–H groups in total. The van der Waals surface area contributed by atoms with Gasteiger partial charge in [0, 0.05) is 17.8 Å². The van der Waals surface area contributed by atoms with Crippen molar-refractivity contribution in [3.8, 4) is 11.1 Å². The number of benzene rings is 2. The summed E-state index contributed by atoms with van der Waals surface area (Å²) in [5, 5.41) is 0. The highest BCUT2D eigenvalue weighted by Gasteiger charge is 2.24. The maximum Gasteiger partial charge on any atom is 0.0371 e. The minimum atomic E-state index is 0.654. The zero-order chi connectivity index (χ0) is 13.9. The third-order valence-corrected chi connectivity index (χ3v) is 4.47. The quantitative estimate of drug-likeness (QED) is 0.728. The molecule has 104 valence electrons. The molecular weight excluding hydrogens is 242 g/mol. The molecule has 0 spiro atoms. The molecule has 2 atom stereocenters. The first-order valence-corrected chi connectivity index (χ1v) is 7.69. The van der Waals surface area contributed by atoms with E-state index in [0.29, 0.717) is 12.1 Å². The molecule has 0 aliphatic carbocycles. The van der Waals surface area contributed by atoms with Crippen LogP contribution in [0.3, 0.4) is 0 Å². The first-order chi connectivity index (χ1) is 9.75. The fourth-order valence-electron chi connectivity index (χ4n) is 3.39. The van der Waals surface area contributed by atoms with Crippen LogP contribution in [0, 0.1) is 0 Å². The Bertz CT molecular complexity index is 534. The molecule has 1 saturated heterocycles. The fourth-order valence-corrected chi connectivity index (χ4v) is 3.39. The lowest BCUT2D eigenvalue weighted by atomic mass is 9.96. The highest BCUT2D eigenvalue weighted by Crippen LogP contribution is 2.30. The molecule has 0 aromatic heterocycles. The van der Waals surface area contributed by atoms with E-state index in [1.807, 2.05) is 0 Å². The molecule has 2 aromatic rings. The molecule has 3 rings (SSSR count). The number of nitrogens with zero attached hydrogens (tertiary/aromatic N) is 1. The molecule has 0 amide bonds. The van der Waals surface area contributed by atoms with Crippen LogP contribution >= 0.6 is 0 Å². The van der Waals surface area contributed by atoms with Crippen LogP contribution in [-0.4, -0.2) is 12.1 Å². The minimum absolute atomic E-state index is 0.654. The first kappa shape index (κ1) is 13.2. The van der Waals surface area contributed by atoms with E-state index in [0.717, 1.165) is 0 Å². The van der Waals surface area contributed by atoms with Gasteiger partial charge in [0.25, 0.3) is 0 Å². The van der Waals surface area contributed by atoms with Crippen LogP contribution in [0.1, 0.15) is 33.1 Å². The molecule has 2 unspecified atom stereocenters. The Kier molecular flexibility index (Phi) is 3.77. The molecule has 2 aromatic carbocycles. The van der Waals surface area contributed by atoms with Crippen LogP contribution in [0.15, 0.2) is 54.6 Å². The molecule has 0 saturated carbocycles. The van der Waals surface area contributed by atoms with Gasteiger partial charge in [-0.1, -0.05) is 42.5 Å². The van der Waals surface area contributed by atoms with Crippen molar-refractivity contribution < 1.29 is 0 Å². The second-order valence-corrected chi connectivity index (χ2v) is 5.95. The topological polar surface area (TPSA) is 3.24 Å². The average Bonchev–Trinajstić information content (AvgIpc) is 2.49. The van der Waals surface area contributed by atoms with E-state index in [2.05, 4.69) is 73.3 Å². The van der Waals surface area contributed by atoms with Crippen LogP contribution in [-0.2, 0) is 0 Å². The monoisotopic (exact) mass is 265 g/mol. The summed E-state index contributed by atoms with van der Waals surface area (Å²) in [5.74, 6) is 0. The van der Waals surface area contributed by atoms with Gasteiger partial charge in [0.1, 0.15) is 0 Å². The van der Waals surface area contributed by atoms with Crippen molar-refractivity contribution in [1.82, 2.24) is 0 Å². The van der Waals surface area contributed by atoms with Crippen molar-refractivity contribution in [1.29, 1.82) is 0 Å². The van der Waals surface area contributed by atoms with Crippen LogP contribution in [0.2, 0.25) is 0 Å². The summed E-state index contributed by atoms with van der Waals surface area (Å²) >= 11 is 0. The highest BCUT2D eigenvalue weighted by molar-refractivity contribution is 5.66. The maximum atomic E-state index is 2.58. The Hall–Kier alpha value is -1.76. The van der Waals surface area contributed by atoms with E-state index >= 15 is 0 Å². The van der Waals surface area contributed by atoms with Gasteiger partial charge in [-0.15, -0.1) is 0 Å². The largest absolute Gasteiger partial charge is 0.366 e. The lowest BCUT2D eigenvalue weighted by Gasteiger charge is -2.41. The van der Waals surface area contributed by atoms with Crippen LogP contribution in [0.25, 0.3) is 11.1 Å². The van der Waals surface area contributed by atoms with Crippen molar-refractivity contribution in [3.05, 3.63) is 54.6 Å². The van der Waals surface area contributed by atoms with E-state index < -0.39 is 0 Å². The zero-order valence-corrected chi connectivity index (χ0v) is 12.4. The van der Waals surface area contributed by atoms with E-state index in [9.17, 15) is 0 Å². The Labute approximate surface area is 122 Å². The normalized spacial score (nSPS) is 22.8. The van der Waals surface area contributed by atoms with Gasteiger partial charge >= 0.3 is 0 Å². The molecule has 1 aliphatic heterocycles. The second-order valence-electron chi connectivity index (χ2n) is 5.95. The van der Waals surface area contributed by atoms with Gasteiger partial charge in [-0.3, -0.25) is 0 Å². The molecule has 1 fully saturated rings. The van der Waals surface area contributed by atoms with Gasteiger partial charge in [-0.05, 0) is 56.4 Å². The van der Waals surface area contributed by atoms with Gasteiger partial charge in [0.2, 0.25) is 0 Å². The molecule has 1 aliphatic rings. The molecule has 20 heavy (non-hydrogen) atoms. The third kappa shape index (κ3) is 2.58. The van der Waals surface area contributed by atoms with Crippen molar-refractivity contribution in [2.45, 2.75) is 45.2 Å². The van der Waals surface area contributed by atoms with Gasteiger partial charge in [0.05, 0.1) is 0 Å². The Morgan fingerprint density at radius 3 is 1.90 bits per heavy atom. The lowest BCUT2D eigenvalue weighted by molar-refractivity contribution is 0.414. The predicted molar refractivity (Wildman–Crippen MR) is 87.1 cm³/mol. The van der Waals surface area contributed by atoms with Gasteiger partial charge in [0.15, 0.2) is 0 Å². The van der Waals surface area contributed by atoms with E-state index in [1.165, 1.54) is 36.1 Å². The van der Waals surface area contributed by atoms with Crippen LogP contribution in [0.4, 0.5) is 5.69 Å². The van der Waals surface area contributed by atoms with Crippen molar-refractivity contribution in [3.63, 3.8) is 0 Å². The smallest absolute Gasteiger partial charge is 0.0371 e. The van der Waals surface area contributed by atoms with Gasteiger partial charge < -0.3 is 4.90 Å². The predicted octanol–water partition coefficient (Wildman–Crippen LogP) is 5.12. The average molecular weight is 265 g/mol. The summed E-state index contributed by atoms with van der Waals surface area (Å²) in [7, 11) is 0. The lowest BCUT2D eigenvalue weighted by Crippen LogP contribution is -2.43. The zero-order valence-electron chi connectivity index (χ0n) is 12.4. The van der Waals surface area contributed by atoms with Crippen molar-refractivity contribution >= 4 is 5.69 Å². The summed E-state index contributed by atoms with van der Waals surface area (Å²) in [6, 6.07) is 21.0. The summed E-state index contributed by atoms with van der Waals surface area (Å²) in [5.41, 5.74) is 3.95. The molecule has 1 heterocycles. The van der Waals surface area contributed by atoms with E-state index in [4.69, 9.17) is 0 Å². The third-order valence-electron chi connectivity index (χ3n) is 4.47. The van der Waals surface area contributed by atoms with Crippen LogP contribution in [0.5, 0.6) is 0 Å². The van der Waals surface area contributed by atoms with E-state index in [1.54, 1.807) is 0 Å². The molecule has 0 radical (unpaired) electrons. The van der Waals surface area contributed by atoms with Crippen molar-refractivity contribution in [2.75, 3.05) is 4.90 Å². The Morgan fingerprint density at radius 2 is 1.30 bits per heavy atom. The molecule has 1 nitrogen and oxygen atoms in total. The van der Waals surface area contributed by atoms with Gasteiger partial charge in [-0.25, -0.2) is 0 Å². The van der Waals surface area contributed by atoms with E-state index in [-0.39, 0.29) is 0 Å². The summed E-state index contributed by atoms with van der Waals surface area (Å²) < 4.78 is 0. The SMILES string of the molecule is CC1CCCC(C)N1c1ccc(-c2ccccc2)cc1. The standard InChI is InChI=1S/C19H23N/c1-15-7-6-8-16(2)20(15)19-13-11-18(12-14-19)17-9-4-3-5-10-17/h3-5,9-16H,6-8H2,1-2H3. The maximum absolute atomic E-state index is 2.58. The fraction of sp³-hybridized carbons (Fsp3) is 0.368. The van der Waals surface area contributed by atoms with Crippen molar-refractivity contribution in [2.24, 2.45) is 0 Å². The molecule has 0 bridgehead atoms. The number of anilines is 1. The minimum Gasteiger partial charge on any atom is -0.366 e. The summed E-state index contributed by atoms with van der Waals surface area (Å²) in [6.45, 7) is 4.70. The molecule has 1 heteroatoms. The van der Waals surface area contributed by atoms with Crippen LogP contribution < -0.4 is 4.90 Å². The summed E-state index contributed by atoms with van der Waals surface area (Å²) in [4.78, 5) is 2.58. The van der Waals surface area contributed by atoms with Gasteiger partial charge in [-0.2, -0.15) is 0 Å². The number of hydrogen-bond donors (Lipinski definition) is 0. The second kappa shape index (κ2) is 5.70.